The van der Waals surface area contributed by atoms with Crippen LogP contribution >= 0.6 is 0 Å². The van der Waals surface area contributed by atoms with Gasteiger partial charge < -0.3 is 14.6 Å². The maximum absolute atomic E-state index is 15.2. The van der Waals surface area contributed by atoms with E-state index in [1.54, 1.807) is 0 Å². The summed E-state index contributed by atoms with van der Waals surface area (Å²) in [6.45, 7) is 7.59. The summed E-state index contributed by atoms with van der Waals surface area (Å²) in [5.41, 5.74) is 6.07. The van der Waals surface area contributed by atoms with Crippen molar-refractivity contribution in [2.24, 2.45) is 11.8 Å². The Balaban J connectivity index is 1.13. The molecule has 3 atom stereocenters. The minimum absolute atomic E-state index is 0.0607. The van der Waals surface area contributed by atoms with Crippen molar-refractivity contribution in [3.8, 4) is 0 Å². The molecule has 0 bridgehead atoms. The van der Waals surface area contributed by atoms with Crippen LogP contribution in [0.4, 0.5) is 0 Å². The number of carbonyl (C=O) groups is 1. The highest BCUT2D eigenvalue weighted by Gasteiger charge is 2.43. The molecule has 0 spiro atoms. The van der Waals surface area contributed by atoms with Gasteiger partial charge in [0.1, 0.15) is 11.2 Å². The fourth-order valence-electron chi connectivity index (χ4n) is 10.1. The number of carbonyl (C=O) groups excluding carboxylic acids is 1. The van der Waals surface area contributed by atoms with Gasteiger partial charge >= 0.3 is 0 Å². The second-order valence-electron chi connectivity index (χ2n) is 18.3. The molecule has 7 aromatic carbocycles. The molecule has 330 valence electrons. The van der Waals surface area contributed by atoms with Crippen molar-refractivity contribution >= 4 is 19.0 Å². The minimum Gasteiger partial charge on any atom is -0.392 e. The number of aliphatic hydroxyl groups excluding tert-OH is 1. The van der Waals surface area contributed by atoms with Gasteiger partial charge in [0, 0.05) is 12.5 Å². The van der Waals surface area contributed by atoms with Crippen molar-refractivity contribution in [2.75, 3.05) is 13.2 Å². The van der Waals surface area contributed by atoms with Crippen LogP contribution in [0.5, 0.6) is 0 Å². The molecule has 65 heavy (non-hydrogen) atoms. The summed E-state index contributed by atoms with van der Waals surface area (Å²) in [6, 6.07) is 74.1. The molecular formula is C60H62O4Si. The van der Waals surface area contributed by atoms with E-state index in [9.17, 15) is 5.11 Å². The lowest BCUT2D eigenvalue weighted by molar-refractivity contribution is -0.124. The molecule has 0 saturated carbocycles. The van der Waals surface area contributed by atoms with Crippen LogP contribution in [-0.2, 0) is 25.5 Å². The Hall–Kier alpha value is -5.95. The van der Waals surface area contributed by atoms with E-state index < -0.39 is 31.3 Å². The predicted molar refractivity (Wildman–Crippen MR) is 268 cm³/mol. The van der Waals surface area contributed by atoms with Crippen LogP contribution in [0.1, 0.15) is 66.0 Å². The van der Waals surface area contributed by atoms with E-state index in [0.29, 0.717) is 19.4 Å². The quantitative estimate of drug-likeness (QED) is 0.0500. The van der Waals surface area contributed by atoms with E-state index in [1.807, 2.05) is 36.4 Å². The fourth-order valence-corrected chi connectivity index (χ4v) is 12.6. The highest BCUT2D eigenvalue weighted by atomic mass is 28.3. The molecule has 0 radical (unpaired) electrons. The number of benzene rings is 7. The molecule has 0 unspecified atom stereocenters. The van der Waals surface area contributed by atoms with Crippen LogP contribution in [0.25, 0.3) is 0 Å². The third-order valence-corrected chi connectivity index (χ3v) is 17.1. The van der Waals surface area contributed by atoms with Crippen LogP contribution in [-0.4, -0.2) is 38.3 Å². The first-order valence-electron chi connectivity index (χ1n) is 23.3. The summed E-state index contributed by atoms with van der Waals surface area (Å²) in [4.78, 5) is 15.2. The summed E-state index contributed by atoms with van der Waals surface area (Å²) >= 11 is 0. The zero-order chi connectivity index (χ0) is 45.1. The van der Waals surface area contributed by atoms with Crippen LogP contribution in [0.3, 0.4) is 0 Å². The topological polar surface area (TPSA) is 55.8 Å². The third kappa shape index (κ3) is 9.85. The van der Waals surface area contributed by atoms with E-state index >= 15 is 4.79 Å². The highest BCUT2D eigenvalue weighted by molar-refractivity contribution is 6.89. The van der Waals surface area contributed by atoms with Crippen molar-refractivity contribution in [1.29, 1.82) is 0 Å². The van der Waals surface area contributed by atoms with E-state index in [0.717, 1.165) is 63.4 Å². The van der Waals surface area contributed by atoms with Gasteiger partial charge in [-0.2, -0.15) is 0 Å². The van der Waals surface area contributed by atoms with Crippen LogP contribution in [0.15, 0.2) is 223 Å². The first-order valence-corrected chi connectivity index (χ1v) is 26.6. The SMILES string of the molecule is C[C@@H](CCCOC(c1ccccc1)(c1ccccc1)c1ccccc1)C1=C(COC(c2ccccc2)(c2ccccc2)c2ccccc2)C[C@@H](O)[C@@H](CC[Si](C)(C)c2ccccc2)C1=O. The maximum Gasteiger partial charge on any atom is 0.164 e. The molecule has 8 rings (SSSR count). The molecule has 5 heteroatoms. The number of allylic oxidation sites excluding steroid dienone is 1. The van der Waals surface area contributed by atoms with Crippen molar-refractivity contribution in [1.82, 2.24) is 0 Å². The molecule has 0 fully saturated rings. The van der Waals surface area contributed by atoms with Gasteiger partial charge in [-0.15, -0.1) is 0 Å². The number of ether oxygens (including phenoxy) is 2. The molecule has 1 aliphatic carbocycles. The number of hydrogen-bond acceptors (Lipinski definition) is 4. The molecule has 7 aromatic rings. The fraction of sp³-hybridized carbons (Fsp3) is 0.250. The first-order chi connectivity index (χ1) is 31.7. The highest BCUT2D eigenvalue weighted by Crippen LogP contribution is 2.44. The lowest BCUT2D eigenvalue weighted by Crippen LogP contribution is -2.44. The summed E-state index contributed by atoms with van der Waals surface area (Å²) in [6.07, 6.45) is 1.69. The summed E-state index contributed by atoms with van der Waals surface area (Å²) in [5.74, 6) is -0.518. The summed E-state index contributed by atoms with van der Waals surface area (Å²) in [5, 5.41) is 13.4. The van der Waals surface area contributed by atoms with Crippen LogP contribution < -0.4 is 5.19 Å². The number of rotatable bonds is 19. The van der Waals surface area contributed by atoms with Gasteiger partial charge in [-0.25, -0.2) is 0 Å². The number of Topliss-reactive ketones (excluding diaryl/α,β-unsaturated/α-hetero) is 1. The normalized spacial score (nSPS) is 16.3. The van der Waals surface area contributed by atoms with Crippen molar-refractivity contribution in [2.45, 2.75) is 69.1 Å². The molecule has 1 aliphatic rings. The maximum atomic E-state index is 15.2. The van der Waals surface area contributed by atoms with Crippen molar-refractivity contribution < 1.29 is 19.4 Å². The second kappa shape index (κ2) is 20.9. The largest absolute Gasteiger partial charge is 0.392 e. The van der Waals surface area contributed by atoms with Gasteiger partial charge in [0.05, 0.1) is 20.8 Å². The zero-order valence-electron chi connectivity index (χ0n) is 38.1. The molecular weight excluding hydrogens is 813 g/mol. The standard InChI is InChI=1S/C60H62O4Si/c1-46(26-25-42-63-59(48-27-11-4-12-28-48,49-29-13-5-14-30-49)50-31-15-6-16-32-50)57-47(44-56(61)55(58(57)62)41-43-65(2,3)54-39-23-10-24-40-54)45-64-60(51-33-17-7-18-34-51,52-35-19-8-20-36-52)53-37-21-9-22-38-53/h4-24,27-40,46,55-56,61H,25-26,41-45H2,1-3H3/t46-,55+,56+/m0/s1. The molecule has 0 saturated heterocycles. The predicted octanol–water partition coefficient (Wildman–Crippen LogP) is 12.7. The summed E-state index contributed by atoms with van der Waals surface area (Å²) in [7, 11) is -1.89. The van der Waals surface area contributed by atoms with Gasteiger partial charge in [-0.1, -0.05) is 244 Å². The molecule has 4 nitrogen and oxygen atoms in total. The van der Waals surface area contributed by atoms with E-state index in [4.69, 9.17) is 9.47 Å². The van der Waals surface area contributed by atoms with Gasteiger partial charge in [-0.3, -0.25) is 4.79 Å². The minimum atomic E-state index is -1.89. The lowest BCUT2D eigenvalue weighted by Gasteiger charge is -2.39. The van der Waals surface area contributed by atoms with Gasteiger partial charge in [0.15, 0.2) is 5.78 Å². The Labute approximate surface area is 387 Å². The average molecular weight is 875 g/mol. The van der Waals surface area contributed by atoms with Gasteiger partial charge in [0.2, 0.25) is 0 Å². The Bertz CT molecular complexity index is 2390. The zero-order valence-corrected chi connectivity index (χ0v) is 39.1. The molecule has 0 heterocycles. The Morgan fingerprint density at radius 2 is 0.908 bits per heavy atom. The monoisotopic (exact) mass is 874 g/mol. The number of hydrogen-bond donors (Lipinski definition) is 1. The molecule has 1 N–H and O–H groups in total. The second-order valence-corrected chi connectivity index (χ2v) is 23.1. The number of ketones is 1. The number of aliphatic hydroxyl groups is 1. The Morgan fingerprint density at radius 1 is 0.554 bits per heavy atom. The van der Waals surface area contributed by atoms with E-state index in [-0.39, 0.29) is 18.3 Å². The first kappa shape index (κ1) is 45.6. The Morgan fingerprint density at radius 3 is 1.29 bits per heavy atom. The molecule has 0 aliphatic heterocycles. The van der Waals surface area contributed by atoms with Gasteiger partial charge in [-0.05, 0) is 76.1 Å². The molecule has 0 aromatic heterocycles. The molecule has 0 amide bonds. The van der Waals surface area contributed by atoms with Crippen molar-refractivity contribution in [3.63, 3.8) is 0 Å². The smallest absolute Gasteiger partial charge is 0.164 e. The van der Waals surface area contributed by atoms with Gasteiger partial charge in [0.25, 0.3) is 0 Å². The van der Waals surface area contributed by atoms with E-state index in [1.165, 1.54) is 5.19 Å². The lowest BCUT2D eigenvalue weighted by atomic mass is 9.74. The summed E-state index contributed by atoms with van der Waals surface area (Å²) < 4.78 is 14.6. The van der Waals surface area contributed by atoms with Crippen molar-refractivity contribution in [3.05, 3.63) is 257 Å². The van der Waals surface area contributed by atoms with Crippen LogP contribution in [0, 0.1) is 11.8 Å². The Kier molecular flexibility index (Phi) is 14.7. The average Bonchev–Trinajstić information content (AvgIpc) is 3.36. The van der Waals surface area contributed by atoms with E-state index in [2.05, 4.69) is 196 Å². The van der Waals surface area contributed by atoms with Crippen LogP contribution in [0.2, 0.25) is 19.1 Å². The third-order valence-electron chi connectivity index (χ3n) is 13.7.